The van der Waals surface area contributed by atoms with E-state index in [2.05, 4.69) is 0 Å². The molecule has 120 valence electrons. The summed E-state index contributed by atoms with van der Waals surface area (Å²) in [7, 11) is 0. The zero-order chi connectivity index (χ0) is 15.9. The lowest BCUT2D eigenvalue weighted by atomic mass is 9.99. The molecule has 1 aromatic carbocycles. The van der Waals surface area contributed by atoms with E-state index in [-0.39, 0.29) is 30.1 Å². The summed E-state index contributed by atoms with van der Waals surface area (Å²) in [6, 6.07) is 6.20. The molecule has 2 amide bonds. The van der Waals surface area contributed by atoms with Crippen molar-refractivity contribution in [3.05, 3.63) is 30.1 Å². The molecule has 1 atom stereocenters. The first kappa shape index (κ1) is 16.8. The SMILES string of the molecule is NC(=O)C[C@@H]1CCCCN1C(=O)CCSc1ccc(F)cc1. The van der Waals surface area contributed by atoms with Gasteiger partial charge in [-0.1, -0.05) is 0 Å². The number of carbonyl (C=O) groups is 2. The zero-order valence-corrected chi connectivity index (χ0v) is 13.3. The van der Waals surface area contributed by atoms with Gasteiger partial charge in [-0.25, -0.2) is 4.39 Å². The molecule has 2 rings (SSSR count). The maximum Gasteiger partial charge on any atom is 0.223 e. The predicted octanol–water partition coefficient (Wildman–Crippen LogP) is 2.56. The van der Waals surface area contributed by atoms with Crippen LogP contribution in [0.3, 0.4) is 0 Å². The van der Waals surface area contributed by atoms with Crippen molar-refractivity contribution >= 4 is 23.6 Å². The van der Waals surface area contributed by atoms with Crippen molar-refractivity contribution in [3.63, 3.8) is 0 Å². The fraction of sp³-hybridized carbons (Fsp3) is 0.500. The van der Waals surface area contributed by atoms with Crippen LogP contribution in [0.2, 0.25) is 0 Å². The third-order valence-corrected chi connectivity index (χ3v) is 4.80. The Balaban J connectivity index is 1.82. The van der Waals surface area contributed by atoms with Gasteiger partial charge < -0.3 is 10.6 Å². The van der Waals surface area contributed by atoms with E-state index in [1.54, 1.807) is 17.0 Å². The van der Waals surface area contributed by atoms with Gasteiger partial charge in [-0.3, -0.25) is 9.59 Å². The van der Waals surface area contributed by atoms with Crippen LogP contribution in [0.5, 0.6) is 0 Å². The maximum absolute atomic E-state index is 12.8. The number of nitrogens with two attached hydrogens (primary N) is 1. The summed E-state index contributed by atoms with van der Waals surface area (Å²) in [5.74, 6) is 0.0959. The Kier molecular flexibility index (Phi) is 6.24. The van der Waals surface area contributed by atoms with Crippen molar-refractivity contribution in [1.29, 1.82) is 0 Å². The van der Waals surface area contributed by atoms with Crippen molar-refractivity contribution in [3.8, 4) is 0 Å². The van der Waals surface area contributed by atoms with Crippen molar-refractivity contribution in [2.75, 3.05) is 12.3 Å². The number of halogens is 1. The number of rotatable bonds is 6. The fourth-order valence-corrected chi connectivity index (χ4v) is 3.54. The molecule has 1 heterocycles. The van der Waals surface area contributed by atoms with Gasteiger partial charge in [0.15, 0.2) is 0 Å². The van der Waals surface area contributed by atoms with E-state index >= 15 is 0 Å². The van der Waals surface area contributed by atoms with E-state index in [9.17, 15) is 14.0 Å². The number of primary amides is 1. The Bertz CT molecular complexity index is 521. The molecule has 0 unspecified atom stereocenters. The Morgan fingerprint density at radius 1 is 1.27 bits per heavy atom. The van der Waals surface area contributed by atoms with E-state index in [0.29, 0.717) is 18.7 Å². The quantitative estimate of drug-likeness (QED) is 0.818. The summed E-state index contributed by atoms with van der Waals surface area (Å²) in [4.78, 5) is 26.2. The number of hydrogen-bond donors (Lipinski definition) is 1. The highest BCUT2D eigenvalue weighted by Crippen LogP contribution is 2.23. The summed E-state index contributed by atoms with van der Waals surface area (Å²) in [6.45, 7) is 0.706. The van der Waals surface area contributed by atoms with Gasteiger partial charge in [-0.15, -0.1) is 11.8 Å². The molecule has 1 aliphatic heterocycles. The molecule has 6 heteroatoms. The van der Waals surface area contributed by atoms with Gasteiger partial charge in [0.25, 0.3) is 0 Å². The minimum Gasteiger partial charge on any atom is -0.370 e. The van der Waals surface area contributed by atoms with Crippen LogP contribution in [0.25, 0.3) is 0 Å². The van der Waals surface area contributed by atoms with Crippen molar-refractivity contribution in [2.45, 2.75) is 43.0 Å². The number of thioether (sulfide) groups is 1. The van der Waals surface area contributed by atoms with Gasteiger partial charge in [-0.2, -0.15) is 0 Å². The van der Waals surface area contributed by atoms with E-state index in [4.69, 9.17) is 5.73 Å². The molecule has 0 bridgehead atoms. The topological polar surface area (TPSA) is 63.4 Å². The average molecular weight is 324 g/mol. The van der Waals surface area contributed by atoms with Crippen molar-refractivity contribution in [2.24, 2.45) is 5.73 Å². The lowest BCUT2D eigenvalue weighted by Gasteiger charge is -2.35. The molecule has 0 radical (unpaired) electrons. The van der Waals surface area contributed by atoms with Crippen LogP contribution >= 0.6 is 11.8 Å². The number of amides is 2. The molecule has 1 aromatic rings. The molecule has 1 aliphatic rings. The van der Waals surface area contributed by atoms with Crippen LogP contribution in [0.1, 0.15) is 32.1 Å². The molecule has 0 saturated carbocycles. The van der Waals surface area contributed by atoms with Gasteiger partial charge in [0.2, 0.25) is 11.8 Å². The monoisotopic (exact) mass is 324 g/mol. The molecule has 0 aromatic heterocycles. The molecule has 2 N–H and O–H groups in total. The minimum absolute atomic E-state index is 0.0467. The van der Waals surface area contributed by atoms with Gasteiger partial charge in [0.05, 0.1) is 0 Å². The smallest absolute Gasteiger partial charge is 0.223 e. The second kappa shape index (κ2) is 8.17. The maximum atomic E-state index is 12.8. The third-order valence-electron chi connectivity index (χ3n) is 3.78. The van der Waals surface area contributed by atoms with Crippen LogP contribution in [-0.4, -0.2) is 35.1 Å². The first-order valence-corrected chi connectivity index (χ1v) is 8.51. The average Bonchev–Trinajstić information content (AvgIpc) is 2.49. The lowest BCUT2D eigenvalue weighted by molar-refractivity contribution is -0.135. The van der Waals surface area contributed by atoms with Crippen LogP contribution < -0.4 is 5.73 Å². The summed E-state index contributed by atoms with van der Waals surface area (Å²) in [6.07, 6.45) is 3.52. The normalized spacial score (nSPS) is 18.2. The second-order valence-electron chi connectivity index (χ2n) is 5.46. The first-order chi connectivity index (χ1) is 10.6. The number of carbonyl (C=O) groups excluding carboxylic acids is 2. The summed E-state index contributed by atoms with van der Waals surface area (Å²) in [5, 5.41) is 0. The minimum atomic E-state index is -0.356. The number of piperidine rings is 1. The molecule has 4 nitrogen and oxygen atoms in total. The molecular formula is C16H21FN2O2S. The zero-order valence-electron chi connectivity index (χ0n) is 12.5. The van der Waals surface area contributed by atoms with E-state index in [1.165, 1.54) is 23.9 Å². The number of hydrogen-bond acceptors (Lipinski definition) is 3. The molecule has 0 aliphatic carbocycles. The highest BCUT2D eigenvalue weighted by molar-refractivity contribution is 7.99. The number of nitrogens with zero attached hydrogens (tertiary/aromatic N) is 1. The Labute approximate surface area is 134 Å². The van der Waals surface area contributed by atoms with Gasteiger partial charge in [-0.05, 0) is 43.5 Å². The number of benzene rings is 1. The number of likely N-dealkylation sites (tertiary alicyclic amines) is 1. The van der Waals surface area contributed by atoms with Gasteiger partial charge in [0, 0.05) is 36.1 Å². The molecule has 22 heavy (non-hydrogen) atoms. The van der Waals surface area contributed by atoms with Crippen molar-refractivity contribution < 1.29 is 14.0 Å². The molecule has 0 spiro atoms. The molecule has 1 saturated heterocycles. The van der Waals surface area contributed by atoms with E-state index in [0.717, 1.165) is 24.2 Å². The lowest BCUT2D eigenvalue weighted by Crippen LogP contribution is -2.45. The molecule has 1 fully saturated rings. The van der Waals surface area contributed by atoms with Crippen LogP contribution in [-0.2, 0) is 9.59 Å². The standard InChI is InChI=1S/C16H21FN2O2S/c17-12-4-6-14(7-5-12)22-10-8-16(21)19-9-2-1-3-13(19)11-15(18)20/h4-7,13H,1-3,8-11H2,(H2,18,20)/t13-/m0/s1. The molecular weight excluding hydrogens is 303 g/mol. The van der Waals surface area contributed by atoms with Crippen LogP contribution in [0.15, 0.2) is 29.2 Å². The third kappa shape index (κ3) is 5.02. The summed E-state index contributed by atoms with van der Waals surface area (Å²) in [5.41, 5.74) is 5.26. The van der Waals surface area contributed by atoms with Crippen molar-refractivity contribution in [1.82, 2.24) is 4.90 Å². The van der Waals surface area contributed by atoms with Gasteiger partial charge >= 0.3 is 0 Å². The van der Waals surface area contributed by atoms with Crippen LogP contribution in [0, 0.1) is 5.82 Å². The predicted molar refractivity (Wildman–Crippen MR) is 84.9 cm³/mol. The van der Waals surface area contributed by atoms with E-state index in [1.807, 2.05) is 0 Å². The Hall–Kier alpha value is -1.56. The van der Waals surface area contributed by atoms with Crippen LogP contribution in [0.4, 0.5) is 4.39 Å². The second-order valence-corrected chi connectivity index (χ2v) is 6.63. The highest BCUT2D eigenvalue weighted by atomic mass is 32.2. The summed E-state index contributed by atoms with van der Waals surface area (Å²) < 4.78 is 12.8. The van der Waals surface area contributed by atoms with Gasteiger partial charge in [0.1, 0.15) is 5.82 Å². The van der Waals surface area contributed by atoms with E-state index < -0.39 is 0 Å². The highest BCUT2D eigenvalue weighted by Gasteiger charge is 2.27. The Morgan fingerprint density at radius 2 is 2.00 bits per heavy atom. The largest absolute Gasteiger partial charge is 0.370 e. The fourth-order valence-electron chi connectivity index (χ4n) is 2.70. The summed E-state index contributed by atoms with van der Waals surface area (Å²) >= 11 is 1.53. The Morgan fingerprint density at radius 3 is 2.68 bits per heavy atom. The first-order valence-electron chi connectivity index (χ1n) is 7.52.